The highest BCUT2D eigenvalue weighted by atomic mass is 16.5. The number of amides is 1. The summed E-state index contributed by atoms with van der Waals surface area (Å²) in [4.78, 5) is 16.8. The predicted octanol–water partition coefficient (Wildman–Crippen LogP) is 0.135. The van der Waals surface area contributed by atoms with Gasteiger partial charge in [-0.05, 0) is 19.8 Å². The molecule has 2 aliphatic rings. The molecule has 7 heteroatoms. The number of rotatable bonds is 3. The Bertz CT molecular complexity index is 517. The molecule has 0 spiro atoms. The fourth-order valence-electron chi connectivity index (χ4n) is 3.10. The van der Waals surface area contributed by atoms with Crippen molar-refractivity contribution in [3.8, 4) is 0 Å². The lowest BCUT2D eigenvalue weighted by Crippen LogP contribution is -2.61. The number of hydrogen-bond donors (Lipinski definition) is 1. The monoisotopic (exact) mass is 308 g/mol. The molecule has 2 saturated heterocycles. The van der Waals surface area contributed by atoms with Gasteiger partial charge in [0, 0.05) is 52.0 Å². The molecular weight excluding hydrogens is 284 g/mol. The number of nitrogens with two attached hydrogens (primary N) is 1. The number of hydrogen-bond acceptors (Lipinski definition) is 6. The van der Waals surface area contributed by atoms with E-state index in [0.717, 1.165) is 44.2 Å². The normalized spacial score (nSPS) is 22.7. The number of nitrogens with zero attached hydrogens (tertiary/aromatic N) is 3. The maximum Gasteiger partial charge on any atom is 0.242 e. The van der Waals surface area contributed by atoms with E-state index in [1.165, 1.54) is 0 Å². The molecule has 0 aliphatic carbocycles. The third-order valence-electron chi connectivity index (χ3n) is 4.53. The van der Waals surface area contributed by atoms with Crippen molar-refractivity contribution < 1.29 is 14.1 Å². The summed E-state index contributed by atoms with van der Waals surface area (Å²) < 4.78 is 10.4. The van der Waals surface area contributed by atoms with Crippen LogP contribution in [0.5, 0.6) is 0 Å². The highest BCUT2D eigenvalue weighted by molar-refractivity contribution is 5.86. The fraction of sp³-hybridized carbons (Fsp3) is 0.733. The summed E-state index contributed by atoms with van der Waals surface area (Å²) in [5, 5.41) is 4.02. The van der Waals surface area contributed by atoms with E-state index in [2.05, 4.69) is 10.1 Å². The van der Waals surface area contributed by atoms with Gasteiger partial charge in [0.15, 0.2) is 0 Å². The number of ether oxygens (including phenoxy) is 1. The Morgan fingerprint density at radius 2 is 2.00 bits per heavy atom. The highest BCUT2D eigenvalue weighted by Crippen LogP contribution is 2.21. The maximum atomic E-state index is 12.6. The number of aromatic nitrogens is 1. The lowest BCUT2D eigenvalue weighted by molar-refractivity contribution is -0.142. The molecule has 1 aromatic rings. The van der Waals surface area contributed by atoms with Crippen LogP contribution in [0.1, 0.15) is 24.3 Å². The number of piperazine rings is 1. The van der Waals surface area contributed by atoms with Crippen molar-refractivity contribution >= 4 is 5.91 Å². The van der Waals surface area contributed by atoms with Crippen LogP contribution in [-0.2, 0) is 16.1 Å². The van der Waals surface area contributed by atoms with Crippen LogP contribution in [0.15, 0.2) is 10.6 Å². The lowest BCUT2D eigenvalue weighted by Gasteiger charge is -2.40. The average molecular weight is 308 g/mol. The van der Waals surface area contributed by atoms with E-state index in [-0.39, 0.29) is 5.91 Å². The van der Waals surface area contributed by atoms with Gasteiger partial charge in [-0.25, -0.2) is 0 Å². The SMILES string of the molecule is Cc1cc(CN2CCN(C(=O)C3(N)CCOCC3)CC2)no1. The van der Waals surface area contributed by atoms with Crippen LogP contribution >= 0.6 is 0 Å². The molecule has 2 N–H and O–H groups in total. The molecule has 2 fully saturated rings. The van der Waals surface area contributed by atoms with Crippen LogP contribution in [-0.4, -0.2) is 65.8 Å². The van der Waals surface area contributed by atoms with Crippen molar-refractivity contribution in [2.24, 2.45) is 5.73 Å². The number of carbonyl (C=O) groups is 1. The quantitative estimate of drug-likeness (QED) is 0.855. The number of carbonyl (C=O) groups excluding carboxylic acids is 1. The van der Waals surface area contributed by atoms with Crippen LogP contribution in [0.4, 0.5) is 0 Å². The second-order valence-corrected chi connectivity index (χ2v) is 6.27. The Balaban J connectivity index is 1.51. The Kier molecular flexibility index (Phi) is 4.46. The Hall–Kier alpha value is -1.44. The van der Waals surface area contributed by atoms with Crippen molar-refractivity contribution in [3.05, 3.63) is 17.5 Å². The Labute approximate surface area is 130 Å². The van der Waals surface area contributed by atoms with Crippen molar-refractivity contribution in [3.63, 3.8) is 0 Å². The largest absolute Gasteiger partial charge is 0.381 e. The van der Waals surface area contributed by atoms with Crippen molar-refractivity contribution in [1.29, 1.82) is 0 Å². The molecule has 0 unspecified atom stereocenters. The molecule has 1 aromatic heterocycles. The summed E-state index contributed by atoms with van der Waals surface area (Å²) in [6, 6.07) is 1.95. The predicted molar refractivity (Wildman–Crippen MR) is 80.1 cm³/mol. The van der Waals surface area contributed by atoms with Crippen LogP contribution in [0.3, 0.4) is 0 Å². The first-order valence-electron chi connectivity index (χ1n) is 7.87. The second kappa shape index (κ2) is 6.36. The molecule has 0 atom stereocenters. The third-order valence-corrected chi connectivity index (χ3v) is 4.53. The molecule has 2 aliphatic heterocycles. The summed E-state index contributed by atoms with van der Waals surface area (Å²) in [5.41, 5.74) is 6.50. The van der Waals surface area contributed by atoms with E-state index in [1.54, 1.807) is 0 Å². The molecule has 0 radical (unpaired) electrons. The Morgan fingerprint density at radius 3 is 2.59 bits per heavy atom. The van der Waals surface area contributed by atoms with E-state index in [4.69, 9.17) is 15.0 Å². The summed E-state index contributed by atoms with van der Waals surface area (Å²) in [5.74, 6) is 0.904. The smallest absolute Gasteiger partial charge is 0.242 e. The summed E-state index contributed by atoms with van der Waals surface area (Å²) in [6.45, 7) is 6.92. The minimum absolute atomic E-state index is 0.0766. The van der Waals surface area contributed by atoms with Gasteiger partial charge in [-0.3, -0.25) is 9.69 Å². The van der Waals surface area contributed by atoms with Gasteiger partial charge < -0.3 is 19.9 Å². The minimum Gasteiger partial charge on any atom is -0.381 e. The van der Waals surface area contributed by atoms with E-state index in [1.807, 2.05) is 17.9 Å². The molecule has 0 saturated carbocycles. The summed E-state index contributed by atoms with van der Waals surface area (Å²) in [7, 11) is 0. The zero-order chi connectivity index (χ0) is 15.6. The van der Waals surface area contributed by atoms with Crippen LogP contribution in [0, 0.1) is 6.92 Å². The van der Waals surface area contributed by atoms with E-state index < -0.39 is 5.54 Å². The van der Waals surface area contributed by atoms with Gasteiger partial charge in [0.2, 0.25) is 5.91 Å². The first-order valence-corrected chi connectivity index (χ1v) is 7.87. The average Bonchev–Trinajstić information content (AvgIpc) is 2.93. The molecule has 0 aromatic carbocycles. The molecule has 7 nitrogen and oxygen atoms in total. The first kappa shape index (κ1) is 15.5. The number of aryl methyl sites for hydroxylation is 1. The van der Waals surface area contributed by atoms with Gasteiger partial charge in [0.1, 0.15) is 5.76 Å². The first-order chi connectivity index (χ1) is 10.6. The van der Waals surface area contributed by atoms with E-state index >= 15 is 0 Å². The molecular formula is C15H24N4O3. The topological polar surface area (TPSA) is 84.8 Å². The van der Waals surface area contributed by atoms with Gasteiger partial charge in [-0.2, -0.15) is 0 Å². The molecule has 22 heavy (non-hydrogen) atoms. The lowest BCUT2D eigenvalue weighted by atomic mass is 9.89. The fourth-order valence-corrected chi connectivity index (χ4v) is 3.10. The van der Waals surface area contributed by atoms with Gasteiger partial charge in [-0.1, -0.05) is 5.16 Å². The second-order valence-electron chi connectivity index (χ2n) is 6.27. The summed E-state index contributed by atoms with van der Waals surface area (Å²) >= 11 is 0. The molecule has 1 amide bonds. The van der Waals surface area contributed by atoms with Gasteiger partial charge in [0.05, 0.1) is 11.2 Å². The summed E-state index contributed by atoms with van der Waals surface area (Å²) in [6.07, 6.45) is 1.23. The van der Waals surface area contributed by atoms with Crippen LogP contribution in [0.2, 0.25) is 0 Å². The molecule has 3 heterocycles. The van der Waals surface area contributed by atoms with Crippen LogP contribution in [0.25, 0.3) is 0 Å². The minimum atomic E-state index is -0.732. The van der Waals surface area contributed by atoms with Crippen molar-refractivity contribution in [2.75, 3.05) is 39.4 Å². The van der Waals surface area contributed by atoms with Gasteiger partial charge in [0.25, 0.3) is 0 Å². The van der Waals surface area contributed by atoms with Crippen molar-refractivity contribution in [1.82, 2.24) is 15.0 Å². The Morgan fingerprint density at radius 1 is 1.32 bits per heavy atom. The van der Waals surface area contributed by atoms with E-state index in [0.29, 0.717) is 26.1 Å². The van der Waals surface area contributed by atoms with E-state index in [9.17, 15) is 4.79 Å². The molecule has 0 bridgehead atoms. The third kappa shape index (κ3) is 3.31. The standard InChI is InChI=1S/C15H24N4O3/c1-12-10-13(17-22-12)11-18-4-6-19(7-5-18)14(20)15(16)2-8-21-9-3-15/h10H,2-9,11,16H2,1H3. The van der Waals surface area contributed by atoms with Gasteiger partial charge in [-0.15, -0.1) is 0 Å². The zero-order valence-corrected chi connectivity index (χ0v) is 13.1. The molecule has 122 valence electrons. The highest BCUT2D eigenvalue weighted by Gasteiger charge is 2.39. The maximum absolute atomic E-state index is 12.6. The van der Waals surface area contributed by atoms with Crippen LogP contribution < -0.4 is 5.73 Å². The van der Waals surface area contributed by atoms with Crippen molar-refractivity contribution in [2.45, 2.75) is 31.8 Å². The molecule has 3 rings (SSSR count). The zero-order valence-electron chi connectivity index (χ0n) is 13.1. The van der Waals surface area contributed by atoms with Gasteiger partial charge >= 0.3 is 0 Å².